The van der Waals surface area contributed by atoms with Gasteiger partial charge in [0.1, 0.15) is 5.82 Å². The Morgan fingerprint density at radius 1 is 1.10 bits per heavy atom. The van der Waals surface area contributed by atoms with E-state index < -0.39 is 6.10 Å². The van der Waals surface area contributed by atoms with Gasteiger partial charge in [0.2, 0.25) is 0 Å². The first kappa shape index (κ1) is 15.7. The van der Waals surface area contributed by atoms with Gasteiger partial charge in [0, 0.05) is 18.7 Å². The van der Waals surface area contributed by atoms with Crippen LogP contribution in [0.15, 0.2) is 48.5 Å². The molecule has 2 rings (SSSR count). The van der Waals surface area contributed by atoms with E-state index in [1.807, 2.05) is 18.2 Å². The Kier molecular flexibility index (Phi) is 5.90. The molecule has 0 amide bonds. The Morgan fingerprint density at radius 2 is 1.81 bits per heavy atom. The van der Waals surface area contributed by atoms with Gasteiger partial charge in [-0.05, 0) is 23.6 Å². The predicted molar refractivity (Wildman–Crippen MR) is 83.5 cm³/mol. The minimum atomic E-state index is -0.576. The van der Waals surface area contributed by atoms with Gasteiger partial charge < -0.3 is 10.4 Å². The van der Waals surface area contributed by atoms with Crippen molar-refractivity contribution in [2.24, 2.45) is 0 Å². The molecular formula is C18H22FNO. The van der Waals surface area contributed by atoms with Gasteiger partial charge in [-0.25, -0.2) is 4.39 Å². The molecule has 0 bridgehead atoms. The second-order valence-electron chi connectivity index (χ2n) is 5.23. The van der Waals surface area contributed by atoms with Gasteiger partial charge in [0.25, 0.3) is 0 Å². The molecule has 112 valence electrons. The molecule has 0 fully saturated rings. The maximum Gasteiger partial charge on any atom is 0.127 e. The fourth-order valence-corrected chi connectivity index (χ4v) is 2.30. The molecule has 21 heavy (non-hydrogen) atoms. The maximum atomic E-state index is 13.5. The third-order valence-corrected chi connectivity index (χ3v) is 3.51. The summed E-state index contributed by atoms with van der Waals surface area (Å²) in [6.07, 6.45) is 1.60. The molecule has 2 aromatic rings. The maximum absolute atomic E-state index is 13.5. The SMILES string of the molecule is CCCc1ccc(C(O)CNCc2ccccc2F)cc1. The molecule has 0 aliphatic carbocycles. The van der Waals surface area contributed by atoms with E-state index in [1.165, 1.54) is 11.6 Å². The summed E-state index contributed by atoms with van der Waals surface area (Å²) in [7, 11) is 0. The lowest BCUT2D eigenvalue weighted by molar-refractivity contribution is 0.174. The van der Waals surface area contributed by atoms with Crippen LogP contribution < -0.4 is 5.32 Å². The Labute approximate surface area is 125 Å². The van der Waals surface area contributed by atoms with Gasteiger partial charge in [-0.15, -0.1) is 0 Å². The van der Waals surface area contributed by atoms with Crippen LogP contribution in [-0.4, -0.2) is 11.7 Å². The average molecular weight is 287 g/mol. The van der Waals surface area contributed by atoms with Gasteiger partial charge in [-0.2, -0.15) is 0 Å². The van der Waals surface area contributed by atoms with Crippen LogP contribution in [0.2, 0.25) is 0 Å². The average Bonchev–Trinajstić information content (AvgIpc) is 2.50. The van der Waals surface area contributed by atoms with E-state index in [4.69, 9.17) is 0 Å². The minimum absolute atomic E-state index is 0.219. The number of benzene rings is 2. The third kappa shape index (κ3) is 4.66. The van der Waals surface area contributed by atoms with Gasteiger partial charge in [-0.3, -0.25) is 0 Å². The summed E-state index contributed by atoms with van der Waals surface area (Å²) in [5.41, 5.74) is 2.78. The molecular weight excluding hydrogens is 265 g/mol. The first-order valence-electron chi connectivity index (χ1n) is 7.41. The van der Waals surface area contributed by atoms with Crippen molar-refractivity contribution in [1.82, 2.24) is 5.32 Å². The number of hydrogen-bond donors (Lipinski definition) is 2. The monoisotopic (exact) mass is 287 g/mol. The highest BCUT2D eigenvalue weighted by Gasteiger charge is 2.07. The van der Waals surface area contributed by atoms with Crippen LogP contribution in [0.5, 0.6) is 0 Å². The van der Waals surface area contributed by atoms with Crippen molar-refractivity contribution in [2.75, 3.05) is 6.54 Å². The summed E-state index contributed by atoms with van der Waals surface area (Å²) in [4.78, 5) is 0. The molecule has 1 unspecified atom stereocenters. The van der Waals surface area contributed by atoms with Crippen molar-refractivity contribution in [1.29, 1.82) is 0 Å². The Balaban J connectivity index is 1.84. The van der Waals surface area contributed by atoms with Crippen LogP contribution in [0.25, 0.3) is 0 Å². The molecule has 0 aliphatic rings. The van der Waals surface area contributed by atoms with E-state index in [-0.39, 0.29) is 5.82 Å². The molecule has 0 saturated heterocycles. The lowest BCUT2D eigenvalue weighted by atomic mass is 10.0. The smallest absolute Gasteiger partial charge is 0.127 e. The van der Waals surface area contributed by atoms with Crippen LogP contribution in [0, 0.1) is 5.82 Å². The molecule has 1 atom stereocenters. The van der Waals surface area contributed by atoms with Gasteiger partial charge in [0.15, 0.2) is 0 Å². The lowest BCUT2D eigenvalue weighted by Crippen LogP contribution is -2.21. The number of aliphatic hydroxyl groups excluding tert-OH is 1. The van der Waals surface area contributed by atoms with Crippen LogP contribution >= 0.6 is 0 Å². The molecule has 0 aromatic heterocycles. The third-order valence-electron chi connectivity index (χ3n) is 3.51. The zero-order valence-corrected chi connectivity index (χ0v) is 12.3. The first-order chi connectivity index (χ1) is 10.2. The van der Waals surface area contributed by atoms with Crippen molar-refractivity contribution in [2.45, 2.75) is 32.4 Å². The number of hydrogen-bond acceptors (Lipinski definition) is 2. The van der Waals surface area contributed by atoms with E-state index in [0.29, 0.717) is 18.7 Å². The standard InChI is InChI=1S/C18H22FNO/c1-2-5-14-8-10-15(11-9-14)18(21)13-20-12-16-6-3-4-7-17(16)19/h3-4,6-11,18,20-21H,2,5,12-13H2,1H3. The Bertz CT molecular complexity index is 553. The van der Waals surface area contributed by atoms with E-state index in [2.05, 4.69) is 24.4 Å². The van der Waals surface area contributed by atoms with Gasteiger partial charge >= 0.3 is 0 Å². The normalized spacial score (nSPS) is 12.3. The van der Waals surface area contributed by atoms with Crippen molar-refractivity contribution >= 4 is 0 Å². The summed E-state index contributed by atoms with van der Waals surface area (Å²) >= 11 is 0. The van der Waals surface area contributed by atoms with Crippen LogP contribution in [0.1, 0.15) is 36.1 Å². The zero-order chi connectivity index (χ0) is 15.1. The van der Waals surface area contributed by atoms with E-state index >= 15 is 0 Å². The Hall–Kier alpha value is -1.71. The van der Waals surface area contributed by atoms with Gasteiger partial charge in [-0.1, -0.05) is 55.8 Å². The predicted octanol–water partition coefficient (Wildman–Crippen LogP) is 3.60. The minimum Gasteiger partial charge on any atom is -0.387 e. The largest absolute Gasteiger partial charge is 0.387 e. The summed E-state index contributed by atoms with van der Waals surface area (Å²) in [6.45, 7) is 2.97. The number of aryl methyl sites for hydroxylation is 1. The molecule has 0 spiro atoms. The topological polar surface area (TPSA) is 32.3 Å². The highest BCUT2D eigenvalue weighted by molar-refractivity contribution is 5.24. The second kappa shape index (κ2) is 7.91. The summed E-state index contributed by atoms with van der Waals surface area (Å²) in [5, 5.41) is 13.2. The van der Waals surface area contributed by atoms with Crippen LogP contribution in [0.4, 0.5) is 4.39 Å². The molecule has 2 N–H and O–H groups in total. The second-order valence-corrected chi connectivity index (χ2v) is 5.23. The number of rotatable bonds is 7. The number of aliphatic hydroxyl groups is 1. The highest BCUT2D eigenvalue weighted by Crippen LogP contribution is 2.14. The molecule has 2 aromatic carbocycles. The van der Waals surface area contributed by atoms with Gasteiger partial charge in [0.05, 0.1) is 6.10 Å². The highest BCUT2D eigenvalue weighted by atomic mass is 19.1. The van der Waals surface area contributed by atoms with Crippen molar-refractivity contribution in [3.05, 3.63) is 71.0 Å². The summed E-state index contributed by atoms with van der Waals surface area (Å²) < 4.78 is 13.5. The summed E-state index contributed by atoms with van der Waals surface area (Å²) in [5.74, 6) is -0.219. The van der Waals surface area contributed by atoms with Crippen LogP contribution in [0.3, 0.4) is 0 Å². The fourth-order valence-electron chi connectivity index (χ4n) is 2.30. The molecule has 0 radical (unpaired) electrons. The number of nitrogens with one attached hydrogen (secondary N) is 1. The first-order valence-corrected chi connectivity index (χ1v) is 7.41. The fraction of sp³-hybridized carbons (Fsp3) is 0.333. The van der Waals surface area contributed by atoms with E-state index in [9.17, 15) is 9.50 Å². The van der Waals surface area contributed by atoms with E-state index in [1.54, 1.807) is 12.1 Å². The molecule has 3 heteroatoms. The Morgan fingerprint density at radius 3 is 2.48 bits per heavy atom. The molecule has 0 saturated carbocycles. The van der Waals surface area contributed by atoms with Crippen molar-refractivity contribution < 1.29 is 9.50 Å². The zero-order valence-electron chi connectivity index (χ0n) is 12.3. The van der Waals surface area contributed by atoms with Crippen molar-refractivity contribution in [3.8, 4) is 0 Å². The van der Waals surface area contributed by atoms with Crippen LogP contribution in [-0.2, 0) is 13.0 Å². The molecule has 2 nitrogen and oxygen atoms in total. The quantitative estimate of drug-likeness (QED) is 0.815. The molecule has 0 heterocycles. The lowest BCUT2D eigenvalue weighted by Gasteiger charge is -2.13. The van der Waals surface area contributed by atoms with Crippen molar-refractivity contribution in [3.63, 3.8) is 0 Å². The van der Waals surface area contributed by atoms with E-state index in [0.717, 1.165) is 18.4 Å². The summed E-state index contributed by atoms with van der Waals surface area (Å²) in [6, 6.07) is 14.7. The molecule has 0 aliphatic heterocycles. The number of halogens is 1.